The molecule has 0 aromatic carbocycles. The highest BCUT2D eigenvalue weighted by atomic mass is 35.5. The third kappa shape index (κ3) is 5.70. The summed E-state index contributed by atoms with van der Waals surface area (Å²) in [6, 6.07) is 2.25. The van der Waals surface area contributed by atoms with Crippen molar-refractivity contribution in [3.05, 3.63) is 28.9 Å². The minimum atomic E-state index is -0.358. The molecular weight excluding hydrogens is 342 g/mol. The Hall–Kier alpha value is -1.63. The number of ether oxygens (including phenoxy) is 1. The predicted molar refractivity (Wildman–Crippen MR) is 97.0 cm³/mol. The minimum absolute atomic E-state index is 0.349. The van der Waals surface area contributed by atoms with E-state index < -0.39 is 0 Å². The summed E-state index contributed by atoms with van der Waals surface area (Å²) in [5, 5.41) is 3.93. The molecule has 0 bridgehead atoms. The Kier molecular flexibility index (Phi) is 6.67. The minimum Gasteiger partial charge on any atom is -0.366 e. The summed E-state index contributed by atoms with van der Waals surface area (Å²) in [5.41, 5.74) is 3.14. The van der Waals surface area contributed by atoms with Crippen LogP contribution in [0.1, 0.15) is 50.5 Å². The zero-order valence-electron chi connectivity index (χ0n) is 14.2. The van der Waals surface area contributed by atoms with Crippen LogP contribution in [0.4, 0.5) is 5.82 Å². The molecular formula is C18H24ClN3O3. The topological polar surface area (TPSA) is 72.5 Å². The maximum Gasteiger partial charge on any atom is 0.267 e. The molecule has 6 nitrogen and oxygen atoms in total. The van der Waals surface area contributed by atoms with Crippen molar-refractivity contribution in [2.24, 2.45) is 0 Å². The summed E-state index contributed by atoms with van der Waals surface area (Å²) in [6.45, 7) is 0.668. The molecule has 0 spiro atoms. The third-order valence-corrected chi connectivity index (χ3v) is 4.70. The van der Waals surface area contributed by atoms with Gasteiger partial charge < -0.3 is 10.1 Å². The molecule has 1 unspecified atom stereocenters. The first-order valence-corrected chi connectivity index (χ1v) is 9.26. The summed E-state index contributed by atoms with van der Waals surface area (Å²) in [4.78, 5) is 21.4. The van der Waals surface area contributed by atoms with Crippen molar-refractivity contribution in [1.29, 1.82) is 0 Å². The van der Waals surface area contributed by atoms with Gasteiger partial charge in [0.25, 0.3) is 5.91 Å². The van der Waals surface area contributed by atoms with E-state index in [1.54, 1.807) is 18.3 Å². The highest BCUT2D eigenvalue weighted by molar-refractivity contribution is 6.33. The first kappa shape index (κ1) is 18.2. The number of carbonyl (C=O) groups excluding carboxylic acids is 1. The summed E-state index contributed by atoms with van der Waals surface area (Å²) in [6.07, 6.45) is 12.1. The van der Waals surface area contributed by atoms with E-state index in [9.17, 15) is 4.79 Å². The standard InChI is InChI=1S/C18H24ClN3O3/c19-15-11-13(12-20-18(15)21-14-5-1-2-6-14)8-9-16(23)22-25-17-7-3-4-10-24-17/h8-9,11-12,14,17H,1-7,10H2,(H,20,21)(H,22,23)/b9-8+. The maximum absolute atomic E-state index is 11.8. The number of hydroxylamine groups is 1. The Morgan fingerprint density at radius 3 is 2.80 bits per heavy atom. The lowest BCUT2D eigenvalue weighted by Crippen LogP contribution is -2.32. The average molecular weight is 366 g/mol. The first-order valence-electron chi connectivity index (χ1n) is 8.88. The first-order chi connectivity index (χ1) is 12.2. The molecule has 1 saturated carbocycles. The molecule has 2 N–H and O–H groups in total. The second-order valence-electron chi connectivity index (χ2n) is 6.44. The van der Waals surface area contributed by atoms with Gasteiger partial charge in [-0.3, -0.25) is 4.79 Å². The molecule has 25 heavy (non-hydrogen) atoms. The van der Waals surface area contributed by atoms with Crippen LogP contribution in [0.15, 0.2) is 18.3 Å². The number of carbonyl (C=O) groups is 1. The number of amides is 1. The number of hydrogen-bond acceptors (Lipinski definition) is 5. The molecule has 3 rings (SSSR count). The number of hydrogen-bond donors (Lipinski definition) is 2. The van der Waals surface area contributed by atoms with Crippen molar-refractivity contribution in [2.75, 3.05) is 11.9 Å². The van der Waals surface area contributed by atoms with E-state index in [0.29, 0.717) is 23.5 Å². The van der Waals surface area contributed by atoms with E-state index in [2.05, 4.69) is 15.8 Å². The van der Waals surface area contributed by atoms with Gasteiger partial charge in [-0.25, -0.2) is 15.3 Å². The van der Waals surface area contributed by atoms with Gasteiger partial charge in [-0.05, 0) is 43.4 Å². The predicted octanol–water partition coefficient (Wildman–Crippen LogP) is 3.68. The van der Waals surface area contributed by atoms with Crippen LogP contribution in [-0.2, 0) is 14.4 Å². The van der Waals surface area contributed by atoms with Crippen molar-refractivity contribution in [3.63, 3.8) is 0 Å². The Morgan fingerprint density at radius 2 is 2.08 bits per heavy atom. The molecule has 1 aliphatic heterocycles. The van der Waals surface area contributed by atoms with Crippen LogP contribution in [0.25, 0.3) is 6.08 Å². The number of nitrogens with one attached hydrogen (secondary N) is 2. The summed E-state index contributed by atoms with van der Waals surface area (Å²) < 4.78 is 5.38. The van der Waals surface area contributed by atoms with Crippen molar-refractivity contribution < 1.29 is 14.4 Å². The average Bonchev–Trinajstić information content (AvgIpc) is 3.14. The van der Waals surface area contributed by atoms with Crippen molar-refractivity contribution in [3.8, 4) is 0 Å². The van der Waals surface area contributed by atoms with Crippen LogP contribution in [0.2, 0.25) is 5.02 Å². The molecule has 0 radical (unpaired) electrons. The van der Waals surface area contributed by atoms with Gasteiger partial charge >= 0.3 is 0 Å². The zero-order chi connectivity index (χ0) is 17.5. The Bertz CT molecular complexity index is 612. The van der Waals surface area contributed by atoms with Crippen LogP contribution in [0.3, 0.4) is 0 Å². The fourth-order valence-corrected chi connectivity index (χ4v) is 3.28. The van der Waals surface area contributed by atoms with Crippen LogP contribution in [0.5, 0.6) is 0 Å². The fraction of sp³-hybridized carbons (Fsp3) is 0.556. The van der Waals surface area contributed by atoms with Crippen molar-refractivity contribution in [2.45, 2.75) is 57.3 Å². The number of rotatable bonds is 6. The molecule has 2 fully saturated rings. The normalized spacial score (nSPS) is 21.6. The van der Waals surface area contributed by atoms with Crippen LogP contribution in [-0.4, -0.2) is 29.8 Å². The molecule has 1 aromatic heterocycles. The molecule has 1 aromatic rings. The number of halogens is 1. The Morgan fingerprint density at radius 1 is 1.28 bits per heavy atom. The Labute approximate surface area is 152 Å². The monoisotopic (exact) mass is 365 g/mol. The summed E-state index contributed by atoms with van der Waals surface area (Å²) >= 11 is 6.29. The van der Waals surface area contributed by atoms with E-state index in [-0.39, 0.29) is 12.2 Å². The molecule has 136 valence electrons. The largest absolute Gasteiger partial charge is 0.366 e. The lowest BCUT2D eigenvalue weighted by Gasteiger charge is -2.21. The molecule has 1 atom stereocenters. The number of pyridine rings is 1. The maximum atomic E-state index is 11.8. The summed E-state index contributed by atoms with van der Waals surface area (Å²) in [5.74, 6) is 0.353. The fourth-order valence-electron chi connectivity index (χ4n) is 3.05. The molecule has 2 aliphatic rings. The quantitative estimate of drug-likeness (QED) is 0.594. The number of anilines is 1. The number of aromatic nitrogens is 1. The van der Waals surface area contributed by atoms with E-state index in [1.807, 2.05) is 0 Å². The van der Waals surface area contributed by atoms with E-state index in [0.717, 1.165) is 37.7 Å². The second kappa shape index (κ2) is 9.17. The highest BCUT2D eigenvalue weighted by Gasteiger charge is 2.16. The van der Waals surface area contributed by atoms with Crippen molar-refractivity contribution in [1.82, 2.24) is 10.5 Å². The third-order valence-electron chi connectivity index (χ3n) is 4.41. The van der Waals surface area contributed by atoms with Gasteiger partial charge in [0.15, 0.2) is 6.29 Å². The second-order valence-corrected chi connectivity index (χ2v) is 6.85. The van der Waals surface area contributed by atoms with Gasteiger partial charge in [-0.15, -0.1) is 0 Å². The van der Waals surface area contributed by atoms with Gasteiger partial charge in [-0.2, -0.15) is 0 Å². The molecule has 2 heterocycles. The van der Waals surface area contributed by atoms with Crippen LogP contribution in [0, 0.1) is 0 Å². The lowest BCUT2D eigenvalue weighted by molar-refractivity contribution is -0.198. The molecule has 7 heteroatoms. The zero-order valence-corrected chi connectivity index (χ0v) is 14.9. The lowest BCUT2D eigenvalue weighted by atomic mass is 10.2. The molecule has 1 saturated heterocycles. The van der Waals surface area contributed by atoms with Crippen LogP contribution < -0.4 is 10.8 Å². The van der Waals surface area contributed by atoms with Gasteiger partial charge in [0.2, 0.25) is 0 Å². The van der Waals surface area contributed by atoms with E-state index in [4.69, 9.17) is 21.2 Å². The smallest absolute Gasteiger partial charge is 0.267 e. The van der Waals surface area contributed by atoms with Gasteiger partial charge in [-0.1, -0.05) is 24.4 Å². The van der Waals surface area contributed by atoms with Crippen molar-refractivity contribution >= 4 is 29.4 Å². The highest BCUT2D eigenvalue weighted by Crippen LogP contribution is 2.26. The van der Waals surface area contributed by atoms with E-state index in [1.165, 1.54) is 18.9 Å². The van der Waals surface area contributed by atoms with Gasteiger partial charge in [0.05, 0.1) is 5.02 Å². The van der Waals surface area contributed by atoms with Gasteiger partial charge in [0, 0.05) is 31.3 Å². The summed E-state index contributed by atoms with van der Waals surface area (Å²) in [7, 11) is 0. The molecule has 1 amide bonds. The van der Waals surface area contributed by atoms with E-state index >= 15 is 0 Å². The van der Waals surface area contributed by atoms with Crippen LogP contribution >= 0.6 is 11.6 Å². The Balaban J connectivity index is 1.48. The number of nitrogens with zero attached hydrogens (tertiary/aromatic N) is 1. The molecule has 1 aliphatic carbocycles. The SMILES string of the molecule is O=C(/C=C/c1cnc(NC2CCCC2)c(Cl)c1)NOC1CCCCO1. The van der Waals surface area contributed by atoms with Gasteiger partial charge in [0.1, 0.15) is 5.82 Å².